The van der Waals surface area contributed by atoms with Gasteiger partial charge in [-0.15, -0.1) is 0 Å². The van der Waals surface area contributed by atoms with E-state index < -0.39 is 0 Å². The number of Topliss-reactive ketones (excluding diaryl/α,β-unsaturated/α-hetero) is 1. The molecule has 1 aromatic rings. The largest absolute Gasteiger partial charge is 0.492 e. The van der Waals surface area contributed by atoms with Crippen molar-refractivity contribution in [1.82, 2.24) is 0 Å². The predicted molar refractivity (Wildman–Crippen MR) is 54.0 cm³/mol. The quantitative estimate of drug-likeness (QED) is 0.693. The molecule has 0 atom stereocenters. The molecule has 0 amide bonds. The van der Waals surface area contributed by atoms with E-state index >= 15 is 0 Å². The van der Waals surface area contributed by atoms with Crippen LogP contribution >= 0.6 is 0 Å². The zero-order chi connectivity index (χ0) is 10.8. The van der Waals surface area contributed by atoms with E-state index in [9.17, 15) is 4.79 Å². The average Bonchev–Trinajstić information content (AvgIpc) is 2.27. The third-order valence-corrected chi connectivity index (χ3v) is 2.25. The second kappa shape index (κ2) is 3.81. The average molecular weight is 208 g/mol. The molecule has 0 radical (unpaired) electrons. The number of benzene rings is 1. The molecule has 15 heavy (non-hydrogen) atoms. The van der Waals surface area contributed by atoms with Gasteiger partial charge in [0.05, 0.1) is 12.7 Å². The minimum Gasteiger partial charge on any atom is -0.492 e. The number of fused-ring (bicyclic) bond motifs is 1. The van der Waals surface area contributed by atoms with Gasteiger partial charge in [-0.05, 0) is 19.1 Å². The number of carbonyl (C=O) groups is 1. The Morgan fingerprint density at radius 2 is 2.07 bits per heavy atom. The Bertz CT molecular complexity index is 398. The molecule has 1 aliphatic rings. The van der Waals surface area contributed by atoms with Gasteiger partial charge < -0.3 is 14.2 Å². The monoisotopic (exact) mass is 208 g/mol. The molecule has 0 spiro atoms. The van der Waals surface area contributed by atoms with Gasteiger partial charge in [-0.25, -0.2) is 0 Å². The molecule has 0 unspecified atom stereocenters. The summed E-state index contributed by atoms with van der Waals surface area (Å²) in [5.41, 5.74) is 0.516. The highest BCUT2D eigenvalue weighted by Crippen LogP contribution is 2.41. The summed E-state index contributed by atoms with van der Waals surface area (Å²) in [6, 6.07) is 3.42. The minimum atomic E-state index is -0.0520. The fourth-order valence-electron chi connectivity index (χ4n) is 1.57. The number of methoxy groups -OCH3 is 1. The van der Waals surface area contributed by atoms with Crippen LogP contribution < -0.4 is 14.2 Å². The molecule has 0 fully saturated rings. The lowest BCUT2D eigenvalue weighted by Gasteiger charge is -2.21. The zero-order valence-electron chi connectivity index (χ0n) is 8.70. The summed E-state index contributed by atoms with van der Waals surface area (Å²) in [5, 5.41) is 0. The van der Waals surface area contributed by atoms with E-state index in [1.807, 2.05) is 0 Å². The number of hydrogen-bond donors (Lipinski definition) is 0. The van der Waals surface area contributed by atoms with E-state index in [0.717, 1.165) is 0 Å². The fourth-order valence-corrected chi connectivity index (χ4v) is 1.57. The van der Waals surface area contributed by atoms with E-state index in [1.165, 1.54) is 14.0 Å². The van der Waals surface area contributed by atoms with Crippen LogP contribution in [0.3, 0.4) is 0 Å². The SMILES string of the molecule is COc1c(C(C)=O)ccc2c1OCCO2. The maximum Gasteiger partial charge on any atom is 0.204 e. The van der Waals surface area contributed by atoms with Crippen LogP contribution in [0.4, 0.5) is 0 Å². The topological polar surface area (TPSA) is 44.8 Å². The van der Waals surface area contributed by atoms with Crippen LogP contribution in [0.2, 0.25) is 0 Å². The zero-order valence-corrected chi connectivity index (χ0v) is 8.70. The van der Waals surface area contributed by atoms with Gasteiger partial charge in [0, 0.05) is 0 Å². The van der Waals surface area contributed by atoms with Crippen LogP contribution in [-0.4, -0.2) is 26.1 Å². The van der Waals surface area contributed by atoms with Crippen molar-refractivity contribution < 1.29 is 19.0 Å². The number of ether oxygens (including phenoxy) is 3. The van der Waals surface area contributed by atoms with E-state index in [0.29, 0.717) is 36.0 Å². The summed E-state index contributed by atoms with van der Waals surface area (Å²) >= 11 is 0. The third kappa shape index (κ3) is 1.63. The van der Waals surface area contributed by atoms with E-state index in [2.05, 4.69) is 0 Å². The van der Waals surface area contributed by atoms with Crippen molar-refractivity contribution in [2.24, 2.45) is 0 Å². The van der Waals surface area contributed by atoms with Crippen molar-refractivity contribution in [2.75, 3.05) is 20.3 Å². The summed E-state index contributed by atoms with van der Waals surface area (Å²) in [6.07, 6.45) is 0. The van der Waals surface area contributed by atoms with Crippen molar-refractivity contribution in [3.63, 3.8) is 0 Å². The normalized spacial score (nSPS) is 13.5. The van der Waals surface area contributed by atoms with Gasteiger partial charge in [-0.3, -0.25) is 4.79 Å². The summed E-state index contributed by atoms with van der Waals surface area (Å²) in [6.45, 7) is 2.49. The first-order chi connectivity index (χ1) is 7.24. The van der Waals surface area contributed by atoms with E-state index in [4.69, 9.17) is 14.2 Å². The summed E-state index contributed by atoms with van der Waals surface area (Å²) in [4.78, 5) is 11.3. The molecule has 0 aliphatic carbocycles. The Morgan fingerprint density at radius 1 is 1.33 bits per heavy atom. The molecule has 80 valence electrons. The molecule has 1 aromatic carbocycles. The molecule has 0 bridgehead atoms. The summed E-state index contributed by atoms with van der Waals surface area (Å²) in [5.74, 6) is 1.56. The summed E-state index contributed by atoms with van der Waals surface area (Å²) < 4.78 is 16.0. The standard InChI is InChI=1S/C11H12O4/c1-7(12)8-3-4-9-11(10(8)13-2)15-6-5-14-9/h3-4H,5-6H2,1-2H3. The Kier molecular flexibility index (Phi) is 2.49. The highest BCUT2D eigenvalue weighted by atomic mass is 16.6. The molecule has 4 nitrogen and oxygen atoms in total. The van der Waals surface area contributed by atoms with Gasteiger partial charge in [0.2, 0.25) is 5.75 Å². The second-order valence-corrected chi connectivity index (χ2v) is 3.23. The van der Waals surface area contributed by atoms with Crippen molar-refractivity contribution in [2.45, 2.75) is 6.92 Å². The van der Waals surface area contributed by atoms with Gasteiger partial charge in [0.25, 0.3) is 0 Å². The lowest BCUT2D eigenvalue weighted by Crippen LogP contribution is -2.16. The van der Waals surface area contributed by atoms with Gasteiger partial charge in [0.1, 0.15) is 13.2 Å². The molecule has 0 saturated carbocycles. The number of rotatable bonds is 2. The molecule has 0 aromatic heterocycles. The van der Waals surface area contributed by atoms with Crippen LogP contribution in [0.25, 0.3) is 0 Å². The number of hydrogen-bond acceptors (Lipinski definition) is 4. The first kappa shape index (κ1) is 9.83. The van der Waals surface area contributed by atoms with Crippen LogP contribution in [-0.2, 0) is 0 Å². The van der Waals surface area contributed by atoms with Crippen molar-refractivity contribution in [3.8, 4) is 17.2 Å². The highest BCUT2D eigenvalue weighted by Gasteiger charge is 2.21. The van der Waals surface area contributed by atoms with E-state index in [1.54, 1.807) is 12.1 Å². The Labute approximate surface area is 87.8 Å². The first-order valence-corrected chi connectivity index (χ1v) is 4.71. The third-order valence-electron chi connectivity index (χ3n) is 2.25. The molecular formula is C11H12O4. The Morgan fingerprint density at radius 3 is 2.73 bits per heavy atom. The molecule has 4 heteroatoms. The van der Waals surface area contributed by atoms with Gasteiger partial charge >= 0.3 is 0 Å². The first-order valence-electron chi connectivity index (χ1n) is 4.71. The van der Waals surface area contributed by atoms with Crippen LogP contribution in [0.15, 0.2) is 12.1 Å². The van der Waals surface area contributed by atoms with Crippen LogP contribution in [0.5, 0.6) is 17.2 Å². The minimum absolute atomic E-state index is 0.0520. The molecule has 1 aliphatic heterocycles. The van der Waals surface area contributed by atoms with Crippen molar-refractivity contribution in [3.05, 3.63) is 17.7 Å². The van der Waals surface area contributed by atoms with Crippen molar-refractivity contribution in [1.29, 1.82) is 0 Å². The lowest BCUT2D eigenvalue weighted by atomic mass is 10.1. The Balaban J connectivity index is 2.56. The molecule has 0 N–H and O–H groups in total. The maximum atomic E-state index is 11.3. The number of carbonyl (C=O) groups excluding carboxylic acids is 1. The maximum absolute atomic E-state index is 11.3. The van der Waals surface area contributed by atoms with Crippen molar-refractivity contribution >= 4 is 5.78 Å². The van der Waals surface area contributed by atoms with Gasteiger partial charge in [0.15, 0.2) is 17.3 Å². The van der Waals surface area contributed by atoms with E-state index in [-0.39, 0.29) is 5.78 Å². The Hall–Kier alpha value is -1.71. The molecule has 1 heterocycles. The summed E-state index contributed by atoms with van der Waals surface area (Å²) in [7, 11) is 1.51. The fraction of sp³-hybridized carbons (Fsp3) is 0.364. The van der Waals surface area contributed by atoms with Crippen LogP contribution in [0, 0.1) is 0 Å². The second-order valence-electron chi connectivity index (χ2n) is 3.23. The molecular weight excluding hydrogens is 196 g/mol. The number of ketones is 1. The highest BCUT2D eigenvalue weighted by molar-refractivity contribution is 5.98. The molecule has 0 saturated heterocycles. The predicted octanol–water partition coefficient (Wildman–Crippen LogP) is 1.67. The van der Waals surface area contributed by atoms with Gasteiger partial charge in [-0.2, -0.15) is 0 Å². The lowest BCUT2D eigenvalue weighted by molar-refractivity contribution is 0.101. The van der Waals surface area contributed by atoms with Crippen LogP contribution in [0.1, 0.15) is 17.3 Å². The molecule has 2 rings (SSSR count). The smallest absolute Gasteiger partial charge is 0.204 e. The van der Waals surface area contributed by atoms with Gasteiger partial charge in [-0.1, -0.05) is 0 Å².